The minimum Gasteiger partial charge on any atom is -0.496 e. The Hall–Kier alpha value is -3.55. The number of fused-ring (bicyclic) bond motifs is 1. The number of amides is 3. The number of hydrogen-bond donors (Lipinski definition) is 1. The molecule has 0 bridgehead atoms. The zero-order chi connectivity index (χ0) is 23.4. The van der Waals surface area contributed by atoms with Crippen LogP contribution in [0.3, 0.4) is 0 Å². The number of carbonyl (C=O) groups excluding carboxylic acids is 3. The predicted molar refractivity (Wildman–Crippen MR) is 118 cm³/mol. The normalized spacial score (nSPS) is 13.8. The van der Waals surface area contributed by atoms with Crippen LogP contribution in [-0.4, -0.2) is 50.0 Å². The third kappa shape index (κ3) is 4.39. The molecular formula is C24H28N2O6. The summed E-state index contributed by atoms with van der Waals surface area (Å²) in [7, 11) is 4.56. The van der Waals surface area contributed by atoms with E-state index >= 15 is 0 Å². The van der Waals surface area contributed by atoms with Gasteiger partial charge in [-0.2, -0.15) is 0 Å². The molecule has 3 rings (SSSR count). The number of carbonyl (C=O) groups is 3. The average Bonchev–Trinajstić information content (AvgIpc) is 3.05. The van der Waals surface area contributed by atoms with Crippen LogP contribution in [0.1, 0.15) is 46.5 Å². The molecule has 0 radical (unpaired) electrons. The van der Waals surface area contributed by atoms with Gasteiger partial charge in [-0.25, -0.2) is 0 Å². The molecule has 8 nitrogen and oxygen atoms in total. The van der Waals surface area contributed by atoms with Gasteiger partial charge in [-0.1, -0.05) is 26.0 Å². The molecule has 170 valence electrons. The van der Waals surface area contributed by atoms with Crippen LogP contribution in [0, 0.1) is 5.92 Å². The van der Waals surface area contributed by atoms with Crippen LogP contribution in [0.15, 0.2) is 36.4 Å². The summed E-state index contributed by atoms with van der Waals surface area (Å²) >= 11 is 0. The number of benzene rings is 2. The van der Waals surface area contributed by atoms with Crippen molar-refractivity contribution in [2.45, 2.75) is 32.9 Å². The highest BCUT2D eigenvalue weighted by Gasteiger charge is 2.42. The first kappa shape index (κ1) is 23.1. The first-order valence-corrected chi connectivity index (χ1v) is 10.4. The molecule has 1 N–H and O–H groups in total. The van der Waals surface area contributed by atoms with Crippen LogP contribution in [0.25, 0.3) is 0 Å². The van der Waals surface area contributed by atoms with Crippen LogP contribution in [0.4, 0.5) is 0 Å². The fourth-order valence-corrected chi connectivity index (χ4v) is 3.81. The minimum atomic E-state index is -0.933. The second-order valence-corrected chi connectivity index (χ2v) is 7.90. The Labute approximate surface area is 187 Å². The second kappa shape index (κ2) is 9.72. The van der Waals surface area contributed by atoms with Gasteiger partial charge in [0.1, 0.15) is 23.3 Å². The third-order valence-corrected chi connectivity index (χ3v) is 5.39. The topological polar surface area (TPSA) is 94.2 Å². The number of methoxy groups -OCH3 is 3. The Morgan fingerprint density at radius 1 is 0.938 bits per heavy atom. The van der Waals surface area contributed by atoms with Crippen LogP contribution in [0.2, 0.25) is 0 Å². The molecule has 1 heterocycles. The average molecular weight is 440 g/mol. The maximum absolute atomic E-state index is 13.2. The van der Waals surface area contributed by atoms with Gasteiger partial charge < -0.3 is 19.5 Å². The number of nitrogens with one attached hydrogen (secondary N) is 1. The van der Waals surface area contributed by atoms with Gasteiger partial charge in [0.05, 0.1) is 44.6 Å². The van der Waals surface area contributed by atoms with Gasteiger partial charge in [-0.15, -0.1) is 0 Å². The molecule has 1 aliphatic rings. The lowest BCUT2D eigenvalue weighted by Gasteiger charge is -2.27. The lowest BCUT2D eigenvalue weighted by atomic mass is 10.0. The summed E-state index contributed by atoms with van der Waals surface area (Å²) in [6, 6.07) is 9.07. The van der Waals surface area contributed by atoms with Gasteiger partial charge in [0, 0.05) is 12.1 Å². The number of rotatable bonds is 9. The summed E-state index contributed by atoms with van der Waals surface area (Å²) in [5, 5.41) is 2.85. The van der Waals surface area contributed by atoms with Gasteiger partial charge >= 0.3 is 0 Å². The van der Waals surface area contributed by atoms with Gasteiger partial charge in [0.15, 0.2) is 0 Å². The molecule has 1 unspecified atom stereocenters. The lowest BCUT2D eigenvalue weighted by Crippen LogP contribution is -2.50. The molecule has 2 aromatic rings. The Morgan fingerprint density at radius 3 is 1.91 bits per heavy atom. The van der Waals surface area contributed by atoms with Crippen molar-refractivity contribution in [3.05, 3.63) is 53.1 Å². The fourth-order valence-electron chi connectivity index (χ4n) is 3.81. The van der Waals surface area contributed by atoms with E-state index in [0.29, 0.717) is 40.4 Å². The maximum Gasteiger partial charge on any atom is 0.262 e. The highest BCUT2D eigenvalue weighted by Crippen LogP contribution is 2.34. The zero-order valence-corrected chi connectivity index (χ0v) is 18.9. The second-order valence-electron chi connectivity index (χ2n) is 7.90. The third-order valence-electron chi connectivity index (χ3n) is 5.39. The molecule has 0 aliphatic carbocycles. The van der Waals surface area contributed by atoms with Crippen molar-refractivity contribution in [2.75, 3.05) is 21.3 Å². The van der Waals surface area contributed by atoms with E-state index in [1.165, 1.54) is 21.3 Å². The largest absolute Gasteiger partial charge is 0.496 e. The Bertz CT molecular complexity index is 973. The van der Waals surface area contributed by atoms with Crippen molar-refractivity contribution >= 4 is 17.7 Å². The Kier molecular flexibility index (Phi) is 7.02. The number of imide groups is 1. The highest BCUT2D eigenvalue weighted by molar-refractivity contribution is 6.22. The van der Waals surface area contributed by atoms with Crippen molar-refractivity contribution in [1.29, 1.82) is 0 Å². The monoisotopic (exact) mass is 440 g/mol. The van der Waals surface area contributed by atoms with Crippen LogP contribution < -0.4 is 19.5 Å². The number of ether oxygens (including phenoxy) is 3. The SMILES string of the molecule is COc1cc(OC)c(CNC(=O)C(CC(C)C)N2C(=O)c3ccccc3C2=O)c(OC)c1. The molecule has 1 atom stereocenters. The van der Waals surface area contributed by atoms with Crippen molar-refractivity contribution in [1.82, 2.24) is 10.2 Å². The highest BCUT2D eigenvalue weighted by atomic mass is 16.5. The Balaban J connectivity index is 1.86. The standard InChI is InChI=1S/C24H28N2O6/c1-14(2)10-19(26-23(28)16-8-6-7-9-17(16)24(26)29)22(27)25-13-18-20(31-4)11-15(30-3)12-21(18)32-5/h6-9,11-12,14,19H,10,13H2,1-5H3,(H,25,27). The lowest BCUT2D eigenvalue weighted by molar-refractivity contribution is -0.125. The smallest absolute Gasteiger partial charge is 0.262 e. The summed E-state index contributed by atoms with van der Waals surface area (Å²) in [6.07, 6.45) is 0.341. The van der Waals surface area contributed by atoms with E-state index in [4.69, 9.17) is 14.2 Å². The number of nitrogens with zero attached hydrogens (tertiary/aromatic N) is 1. The molecule has 3 amide bonds. The molecule has 0 aromatic heterocycles. The first-order valence-electron chi connectivity index (χ1n) is 10.4. The van der Waals surface area contributed by atoms with Crippen LogP contribution in [0.5, 0.6) is 17.2 Å². The summed E-state index contributed by atoms with van der Waals surface area (Å²) in [5.41, 5.74) is 1.25. The Morgan fingerprint density at radius 2 is 1.47 bits per heavy atom. The summed E-state index contributed by atoms with van der Waals surface area (Å²) in [4.78, 5) is 40.2. The first-order chi connectivity index (χ1) is 15.3. The molecule has 32 heavy (non-hydrogen) atoms. The van der Waals surface area contributed by atoms with E-state index in [9.17, 15) is 14.4 Å². The minimum absolute atomic E-state index is 0.0834. The molecule has 0 saturated heterocycles. The van der Waals surface area contributed by atoms with E-state index < -0.39 is 23.8 Å². The van der Waals surface area contributed by atoms with E-state index in [1.807, 2.05) is 13.8 Å². The molecule has 8 heteroatoms. The van der Waals surface area contributed by atoms with E-state index in [2.05, 4.69) is 5.32 Å². The molecule has 2 aromatic carbocycles. The number of hydrogen-bond acceptors (Lipinski definition) is 6. The maximum atomic E-state index is 13.2. The van der Waals surface area contributed by atoms with Gasteiger partial charge in [0.2, 0.25) is 5.91 Å². The zero-order valence-electron chi connectivity index (χ0n) is 18.9. The van der Waals surface area contributed by atoms with Gasteiger partial charge in [0.25, 0.3) is 11.8 Å². The van der Waals surface area contributed by atoms with Gasteiger partial charge in [-0.3, -0.25) is 19.3 Å². The summed E-state index contributed by atoms with van der Waals surface area (Å²) < 4.78 is 16.1. The van der Waals surface area contributed by atoms with Crippen molar-refractivity contribution < 1.29 is 28.6 Å². The molecule has 0 spiro atoms. The van der Waals surface area contributed by atoms with Crippen LogP contribution >= 0.6 is 0 Å². The predicted octanol–water partition coefficient (Wildman–Crippen LogP) is 3.04. The van der Waals surface area contributed by atoms with Gasteiger partial charge in [-0.05, 0) is 24.5 Å². The van der Waals surface area contributed by atoms with E-state index in [0.717, 1.165) is 4.90 Å². The molecule has 0 saturated carbocycles. The molecular weight excluding hydrogens is 412 g/mol. The fraction of sp³-hybridized carbons (Fsp3) is 0.375. The van der Waals surface area contributed by atoms with Crippen molar-refractivity contribution in [3.63, 3.8) is 0 Å². The molecule has 1 aliphatic heterocycles. The van der Waals surface area contributed by atoms with Crippen LogP contribution in [-0.2, 0) is 11.3 Å². The van der Waals surface area contributed by atoms with Crippen molar-refractivity contribution in [2.24, 2.45) is 5.92 Å². The molecule has 0 fully saturated rings. The quantitative estimate of drug-likeness (QED) is 0.603. The van der Waals surface area contributed by atoms with E-state index in [1.54, 1.807) is 36.4 Å². The van der Waals surface area contributed by atoms with Crippen molar-refractivity contribution in [3.8, 4) is 17.2 Å². The summed E-state index contributed by atoms with van der Waals surface area (Å²) in [6.45, 7) is 3.97. The summed E-state index contributed by atoms with van der Waals surface area (Å²) in [5.74, 6) is 0.285. The van der Waals surface area contributed by atoms with E-state index in [-0.39, 0.29) is 12.5 Å².